The highest BCUT2D eigenvalue weighted by Crippen LogP contribution is 2.36. The molecule has 0 aromatic carbocycles. The van der Waals surface area contributed by atoms with Gasteiger partial charge in [-0.1, -0.05) is 0 Å². The monoisotopic (exact) mass is 181 g/mol. The van der Waals surface area contributed by atoms with Crippen molar-refractivity contribution in [3.63, 3.8) is 0 Å². The number of hydrogen-bond donors (Lipinski definition) is 2. The summed E-state index contributed by atoms with van der Waals surface area (Å²) in [5.74, 6) is -1.05. The lowest BCUT2D eigenvalue weighted by molar-refractivity contribution is -0.138. The van der Waals surface area contributed by atoms with Crippen molar-refractivity contribution in [2.24, 2.45) is 0 Å². The van der Waals surface area contributed by atoms with E-state index in [1.54, 1.807) is 0 Å². The summed E-state index contributed by atoms with van der Waals surface area (Å²) in [5, 5.41) is 10.7. The van der Waals surface area contributed by atoms with Gasteiger partial charge in [-0.05, 0) is 6.92 Å². The van der Waals surface area contributed by atoms with E-state index in [9.17, 15) is 9.36 Å². The van der Waals surface area contributed by atoms with Crippen molar-refractivity contribution in [2.45, 2.75) is 13.0 Å². The molecule has 0 fully saturated rings. The predicted molar refractivity (Wildman–Crippen MR) is 40.8 cm³/mol. The smallest absolute Gasteiger partial charge is 0.320 e. The second kappa shape index (κ2) is 3.85. The summed E-state index contributed by atoms with van der Waals surface area (Å²) >= 11 is 0. The predicted octanol–water partition coefficient (Wildman–Crippen LogP) is 0.518. The summed E-state index contributed by atoms with van der Waals surface area (Å²) < 4.78 is 15.6. The Morgan fingerprint density at radius 2 is 2.18 bits per heavy atom. The van der Waals surface area contributed by atoms with Crippen LogP contribution in [-0.4, -0.2) is 30.9 Å². The number of nitrogens with one attached hydrogen (secondary N) is 1. The molecule has 0 aromatic heterocycles. The summed E-state index contributed by atoms with van der Waals surface area (Å²) in [4.78, 5) is 10.3. The lowest BCUT2D eigenvalue weighted by Crippen LogP contribution is -2.31. The Kier molecular flexibility index (Phi) is 3.72. The van der Waals surface area contributed by atoms with E-state index in [0.717, 1.165) is 0 Å². The van der Waals surface area contributed by atoms with E-state index in [1.165, 1.54) is 20.7 Å². The van der Waals surface area contributed by atoms with E-state index < -0.39 is 19.5 Å². The van der Waals surface area contributed by atoms with Crippen molar-refractivity contribution in [1.82, 2.24) is 5.09 Å². The minimum atomic E-state index is -2.91. The molecule has 66 valence electrons. The van der Waals surface area contributed by atoms with Crippen LogP contribution in [0.1, 0.15) is 6.92 Å². The van der Waals surface area contributed by atoms with Crippen LogP contribution < -0.4 is 5.09 Å². The van der Waals surface area contributed by atoms with Crippen LogP contribution in [0.5, 0.6) is 0 Å². The number of carboxylic acids is 1. The van der Waals surface area contributed by atoms with Crippen LogP contribution in [0.25, 0.3) is 0 Å². The molecule has 0 radical (unpaired) electrons. The molecule has 0 aliphatic rings. The van der Waals surface area contributed by atoms with Gasteiger partial charge < -0.3 is 9.63 Å². The molecular formula is C5H12NO4P. The summed E-state index contributed by atoms with van der Waals surface area (Å²) in [5.41, 5.74) is 0. The number of aliphatic carboxylic acids is 1. The topological polar surface area (TPSA) is 75.6 Å². The van der Waals surface area contributed by atoms with Gasteiger partial charge in [0.15, 0.2) is 0 Å². The van der Waals surface area contributed by atoms with Crippen molar-refractivity contribution >= 4 is 13.5 Å². The molecule has 2 N–H and O–H groups in total. The summed E-state index contributed by atoms with van der Waals surface area (Å²) in [6.45, 7) is 2.73. The molecule has 5 nitrogen and oxygen atoms in total. The first kappa shape index (κ1) is 10.6. The van der Waals surface area contributed by atoms with Gasteiger partial charge >= 0.3 is 5.97 Å². The van der Waals surface area contributed by atoms with Crippen LogP contribution in [-0.2, 0) is 13.9 Å². The highest BCUT2D eigenvalue weighted by molar-refractivity contribution is 7.56. The first-order chi connectivity index (χ1) is 4.89. The third-order valence-corrected chi connectivity index (χ3v) is 2.70. The van der Waals surface area contributed by atoms with E-state index in [-0.39, 0.29) is 0 Å². The quantitative estimate of drug-likeness (QED) is 0.618. The van der Waals surface area contributed by atoms with Crippen molar-refractivity contribution in [1.29, 1.82) is 0 Å². The highest BCUT2D eigenvalue weighted by atomic mass is 31.2. The molecule has 0 spiro atoms. The number of carboxylic acid groups (broad SMARTS) is 1. The zero-order valence-corrected chi connectivity index (χ0v) is 7.59. The number of carbonyl (C=O) groups is 1. The summed E-state index contributed by atoms with van der Waals surface area (Å²) in [6, 6.07) is -0.856. The Labute approximate surface area is 65.3 Å². The van der Waals surface area contributed by atoms with E-state index >= 15 is 0 Å². The standard InChI is InChI=1S/C5H12NO4P/c1-4(5(7)8)6-11(3,9)10-2/h4H,1-3H3,(H,6,9)(H,7,8). The van der Waals surface area contributed by atoms with Gasteiger partial charge in [0.2, 0.25) is 0 Å². The van der Waals surface area contributed by atoms with Gasteiger partial charge in [0, 0.05) is 13.8 Å². The molecule has 0 amide bonds. The number of rotatable bonds is 4. The first-order valence-corrected chi connectivity index (χ1v) is 5.10. The van der Waals surface area contributed by atoms with Crippen molar-refractivity contribution in [3.05, 3.63) is 0 Å². The first-order valence-electron chi connectivity index (χ1n) is 3.03. The molecule has 0 saturated carbocycles. The SMILES string of the molecule is COP(C)(=O)NC(C)C(=O)O. The van der Waals surface area contributed by atoms with Crippen LogP contribution in [0.15, 0.2) is 0 Å². The average Bonchev–Trinajstić information content (AvgIpc) is 1.87. The third-order valence-electron chi connectivity index (χ3n) is 1.15. The molecular weight excluding hydrogens is 169 g/mol. The fourth-order valence-corrected chi connectivity index (χ4v) is 1.38. The largest absolute Gasteiger partial charge is 0.480 e. The minimum Gasteiger partial charge on any atom is -0.480 e. The molecule has 0 rings (SSSR count). The molecule has 11 heavy (non-hydrogen) atoms. The summed E-state index contributed by atoms with van der Waals surface area (Å²) in [6.07, 6.45) is 0. The second-order valence-electron chi connectivity index (χ2n) is 2.22. The maximum Gasteiger partial charge on any atom is 0.320 e. The van der Waals surface area contributed by atoms with Crippen molar-refractivity contribution in [2.75, 3.05) is 13.8 Å². The van der Waals surface area contributed by atoms with Gasteiger partial charge in [-0.3, -0.25) is 9.36 Å². The summed E-state index contributed by atoms with van der Waals surface area (Å²) in [7, 11) is -1.65. The normalized spacial score (nSPS) is 18.8. The minimum absolute atomic E-state index is 0.856. The zero-order valence-electron chi connectivity index (χ0n) is 6.70. The van der Waals surface area contributed by atoms with Crippen LogP contribution >= 0.6 is 7.52 Å². The number of hydrogen-bond acceptors (Lipinski definition) is 3. The van der Waals surface area contributed by atoms with Gasteiger partial charge in [-0.15, -0.1) is 0 Å². The maximum absolute atomic E-state index is 11.1. The van der Waals surface area contributed by atoms with Crippen LogP contribution in [0.4, 0.5) is 0 Å². The van der Waals surface area contributed by atoms with Crippen molar-refractivity contribution in [3.8, 4) is 0 Å². The van der Waals surface area contributed by atoms with Crippen LogP contribution in [0.2, 0.25) is 0 Å². The average molecular weight is 181 g/mol. The Bertz CT molecular complexity index is 193. The molecule has 2 atom stereocenters. The molecule has 0 bridgehead atoms. The third kappa shape index (κ3) is 4.14. The fourth-order valence-electron chi connectivity index (χ4n) is 0.460. The van der Waals surface area contributed by atoms with E-state index in [0.29, 0.717) is 0 Å². The Hall–Kier alpha value is -0.380. The molecule has 0 aliphatic heterocycles. The fraction of sp³-hybridized carbons (Fsp3) is 0.800. The molecule has 6 heteroatoms. The second-order valence-corrected chi connectivity index (χ2v) is 4.53. The lowest BCUT2D eigenvalue weighted by atomic mass is 10.4. The highest BCUT2D eigenvalue weighted by Gasteiger charge is 2.20. The van der Waals surface area contributed by atoms with Gasteiger partial charge in [-0.25, -0.2) is 5.09 Å². The van der Waals surface area contributed by atoms with E-state index in [2.05, 4.69) is 9.61 Å². The molecule has 0 saturated heterocycles. The van der Waals surface area contributed by atoms with Gasteiger partial charge in [0.1, 0.15) is 6.04 Å². The Balaban J connectivity index is 4.04. The molecule has 0 heterocycles. The Morgan fingerprint density at radius 1 is 1.73 bits per heavy atom. The van der Waals surface area contributed by atoms with E-state index in [1.807, 2.05) is 0 Å². The van der Waals surface area contributed by atoms with Crippen molar-refractivity contribution < 1.29 is 19.0 Å². The molecule has 0 aliphatic carbocycles. The Morgan fingerprint density at radius 3 is 2.45 bits per heavy atom. The van der Waals surface area contributed by atoms with Gasteiger partial charge in [0.25, 0.3) is 7.52 Å². The molecule has 2 unspecified atom stereocenters. The van der Waals surface area contributed by atoms with Gasteiger partial charge in [-0.2, -0.15) is 0 Å². The van der Waals surface area contributed by atoms with Gasteiger partial charge in [0.05, 0.1) is 0 Å². The molecule has 0 aromatic rings. The maximum atomic E-state index is 11.1. The van der Waals surface area contributed by atoms with E-state index in [4.69, 9.17) is 5.11 Å². The zero-order chi connectivity index (χ0) is 9.07. The van der Waals surface area contributed by atoms with Crippen LogP contribution in [0.3, 0.4) is 0 Å². The van der Waals surface area contributed by atoms with Crippen LogP contribution in [0, 0.1) is 0 Å². The lowest BCUT2D eigenvalue weighted by Gasteiger charge is -2.14.